The van der Waals surface area contributed by atoms with E-state index in [0.29, 0.717) is 0 Å². The molecule has 0 aliphatic rings. The molecular formula is C25H25N3O3. The summed E-state index contributed by atoms with van der Waals surface area (Å²) in [5.74, 6) is 2.26. The Morgan fingerprint density at radius 2 is 1.48 bits per heavy atom. The summed E-state index contributed by atoms with van der Waals surface area (Å²) >= 11 is 0. The molecule has 1 aromatic heterocycles. The summed E-state index contributed by atoms with van der Waals surface area (Å²) in [4.78, 5) is 0. The number of para-hydroxylation sites is 1. The highest BCUT2D eigenvalue weighted by molar-refractivity contribution is 5.90. The third-order valence-electron chi connectivity index (χ3n) is 5.22. The van der Waals surface area contributed by atoms with E-state index in [1.54, 1.807) is 21.3 Å². The first-order valence-corrected chi connectivity index (χ1v) is 9.89. The molecule has 0 fully saturated rings. The second-order valence-electron chi connectivity index (χ2n) is 7.02. The zero-order chi connectivity index (χ0) is 21.8. The van der Waals surface area contributed by atoms with Crippen molar-refractivity contribution in [2.45, 2.75) is 0 Å². The molecule has 0 saturated heterocycles. The predicted octanol–water partition coefficient (Wildman–Crippen LogP) is 4.80. The fourth-order valence-electron chi connectivity index (χ4n) is 3.55. The fraction of sp³-hybridized carbons (Fsp3) is 0.160. The minimum atomic E-state index is 0.721. The van der Waals surface area contributed by atoms with Crippen LogP contribution in [0.15, 0.2) is 77.9 Å². The predicted molar refractivity (Wildman–Crippen MR) is 124 cm³/mol. The summed E-state index contributed by atoms with van der Waals surface area (Å²) in [6.07, 6.45) is 0. The summed E-state index contributed by atoms with van der Waals surface area (Å²) in [6, 6.07) is 23.8. The molecule has 0 spiro atoms. The Balaban J connectivity index is 1.99. The molecule has 6 heteroatoms. The third-order valence-corrected chi connectivity index (χ3v) is 5.22. The van der Waals surface area contributed by atoms with E-state index in [-0.39, 0.29) is 0 Å². The summed E-state index contributed by atoms with van der Waals surface area (Å²) in [5.41, 5.74) is 7.78. The van der Waals surface area contributed by atoms with Crippen molar-refractivity contribution in [2.24, 2.45) is 12.1 Å². The zero-order valence-corrected chi connectivity index (χ0v) is 18.0. The highest BCUT2D eigenvalue weighted by Gasteiger charge is 2.13. The van der Waals surface area contributed by atoms with Gasteiger partial charge in [0.1, 0.15) is 17.2 Å². The van der Waals surface area contributed by atoms with Crippen LogP contribution in [0.25, 0.3) is 22.0 Å². The lowest BCUT2D eigenvalue weighted by atomic mass is 10.0. The van der Waals surface area contributed by atoms with Crippen LogP contribution >= 0.6 is 0 Å². The van der Waals surface area contributed by atoms with Crippen molar-refractivity contribution in [3.8, 4) is 28.4 Å². The van der Waals surface area contributed by atoms with Crippen LogP contribution in [0.4, 0.5) is 5.69 Å². The number of pyridine rings is 1. The molecule has 31 heavy (non-hydrogen) atoms. The number of ether oxygens (including phenoxy) is 3. The van der Waals surface area contributed by atoms with E-state index in [1.165, 1.54) is 0 Å². The first-order chi connectivity index (χ1) is 15.1. The molecule has 0 saturated carbocycles. The minimum Gasteiger partial charge on any atom is -0.497 e. The molecular weight excluding hydrogens is 390 g/mol. The maximum Gasteiger partial charge on any atom is 0.160 e. The van der Waals surface area contributed by atoms with Gasteiger partial charge >= 0.3 is 0 Å². The van der Waals surface area contributed by atoms with Gasteiger partial charge in [-0.05, 0) is 35.9 Å². The average molecular weight is 415 g/mol. The summed E-state index contributed by atoms with van der Waals surface area (Å²) in [5, 5.41) is 5.72. The Hall–Kier alpha value is -3.93. The normalized spacial score (nSPS) is 11.4. The van der Waals surface area contributed by atoms with Crippen LogP contribution in [0.2, 0.25) is 0 Å². The van der Waals surface area contributed by atoms with Crippen molar-refractivity contribution in [1.82, 2.24) is 4.57 Å². The van der Waals surface area contributed by atoms with Crippen LogP contribution in [0.5, 0.6) is 17.2 Å². The molecule has 1 heterocycles. The Bertz CT molecular complexity index is 1260. The van der Waals surface area contributed by atoms with Gasteiger partial charge in [0, 0.05) is 30.1 Å². The van der Waals surface area contributed by atoms with Gasteiger partial charge in [0.25, 0.3) is 0 Å². The summed E-state index contributed by atoms with van der Waals surface area (Å²) in [7, 11) is 6.96. The number of aromatic nitrogens is 1. The molecule has 0 bridgehead atoms. The second-order valence-corrected chi connectivity index (χ2v) is 7.02. The van der Waals surface area contributed by atoms with Gasteiger partial charge in [-0.15, -0.1) is 0 Å². The number of benzene rings is 3. The van der Waals surface area contributed by atoms with Crippen molar-refractivity contribution in [1.29, 1.82) is 0 Å². The molecule has 0 aliphatic carbocycles. The number of aryl methyl sites for hydroxylation is 1. The SMILES string of the molecule is COc1ccc(-c2cc3c(OC)cc(OC)cc3n(C)/c2=N\Nc2ccccc2)cc1. The number of methoxy groups -OCH3 is 3. The highest BCUT2D eigenvalue weighted by atomic mass is 16.5. The first kappa shape index (κ1) is 20.3. The van der Waals surface area contributed by atoms with E-state index in [2.05, 4.69) is 11.5 Å². The van der Waals surface area contributed by atoms with Crippen molar-refractivity contribution in [3.63, 3.8) is 0 Å². The molecule has 4 aromatic rings. The van der Waals surface area contributed by atoms with Crippen LogP contribution < -0.4 is 25.1 Å². The lowest BCUT2D eigenvalue weighted by Crippen LogP contribution is -2.23. The van der Waals surface area contributed by atoms with Gasteiger partial charge in [0.05, 0.1) is 32.5 Å². The summed E-state index contributed by atoms with van der Waals surface area (Å²) < 4.78 is 18.5. The first-order valence-electron chi connectivity index (χ1n) is 9.89. The maximum atomic E-state index is 5.66. The van der Waals surface area contributed by atoms with Crippen LogP contribution in [-0.2, 0) is 7.05 Å². The van der Waals surface area contributed by atoms with Crippen molar-refractivity contribution < 1.29 is 14.2 Å². The second kappa shape index (κ2) is 8.83. The number of fused-ring (bicyclic) bond motifs is 1. The Morgan fingerprint density at radius 1 is 0.774 bits per heavy atom. The van der Waals surface area contributed by atoms with E-state index in [1.807, 2.05) is 78.3 Å². The topological polar surface area (TPSA) is 57.0 Å². The lowest BCUT2D eigenvalue weighted by molar-refractivity contribution is 0.397. The van der Waals surface area contributed by atoms with Gasteiger partial charge < -0.3 is 18.8 Å². The highest BCUT2D eigenvalue weighted by Crippen LogP contribution is 2.33. The molecule has 0 amide bonds. The van der Waals surface area contributed by atoms with E-state index >= 15 is 0 Å². The molecule has 158 valence electrons. The van der Waals surface area contributed by atoms with Crippen molar-refractivity contribution >= 4 is 16.6 Å². The number of nitrogens with zero attached hydrogens (tertiary/aromatic N) is 2. The van der Waals surface area contributed by atoms with Gasteiger partial charge in [-0.2, -0.15) is 5.10 Å². The monoisotopic (exact) mass is 415 g/mol. The molecule has 0 radical (unpaired) electrons. The van der Waals surface area contributed by atoms with Gasteiger partial charge in [0.15, 0.2) is 5.49 Å². The Morgan fingerprint density at radius 3 is 2.13 bits per heavy atom. The largest absolute Gasteiger partial charge is 0.497 e. The van der Waals surface area contributed by atoms with Crippen LogP contribution in [0, 0.1) is 0 Å². The van der Waals surface area contributed by atoms with E-state index < -0.39 is 0 Å². The van der Waals surface area contributed by atoms with Gasteiger partial charge in [0.2, 0.25) is 0 Å². The Kier molecular flexibility index (Phi) is 5.80. The minimum absolute atomic E-state index is 0.721. The van der Waals surface area contributed by atoms with Gasteiger partial charge in [-0.3, -0.25) is 5.43 Å². The van der Waals surface area contributed by atoms with Gasteiger partial charge in [-0.1, -0.05) is 30.3 Å². The van der Waals surface area contributed by atoms with E-state index in [0.717, 1.165) is 50.5 Å². The molecule has 3 aromatic carbocycles. The van der Waals surface area contributed by atoms with E-state index in [9.17, 15) is 0 Å². The number of hydrogen-bond donors (Lipinski definition) is 1. The van der Waals surface area contributed by atoms with Crippen molar-refractivity contribution in [2.75, 3.05) is 26.8 Å². The average Bonchev–Trinajstić information content (AvgIpc) is 2.83. The Labute approximate surface area is 181 Å². The molecule has 6 nitrogen and oxygen atoms in total. The molecule has 0 unspecified atom stereocenters. The number of hydrogen-bond acceptors (Lipinski definition) is 5. The van der Waals surface area contributed by atoms with Crippen LogP contribution in [0.1, 0.15) is 0 Å². The lowest BCUT2D eigenvalue weighted by Gasteiger charge is -2.16. The number of anilines is 1. The van der Waals surface area contributed by atoms with E-state index in [4.69, 9.17) is 19.3 Å². The maximum absolute atomic E-state index is 5.66. The molecule has 4 rings (SSSR count). The summed E-state index contributed by atoms with van der Waals surface area (Å²) in [6.45, 7) is 0. The quantitative estimate of drug-likeness (QED) is 0.460. The van der Waals surface area contributed by atoms with Gasteiger partial charge in [-0.25, -0.2) is 0 Å². The third kappa shape index (κ3) is 4.05. The fourth-order valence-corrected chi connectivity index (χ4v) is 3.55. The number of nitrogens with one attached hydrogen (secondary N) is 1. The van der Waals surface area contributed by atoms with Crippen LogP contribution in [-0.4, -0.2) is 25.9 Å². The molecule has 0 atom stereocenters. The number of rotatable bonds is 6. The standard InChI is InChI=1S/C25H25N3O3/c1-28-23-14-20(30-3)15-24(31-4)22(23)16-21(17-10-12-19(29-2)13-11-17)25(28)27-26-18-8-6-5-7-9-18/h5-16,26H,1-4H3/b27-25-. The van der Waals surface area contributed by atoms with Crippen LogP contribution in [0.3, 0.4) is 0 Å². The molecule has 0 aliphatic heterocycles. The smallest absolute Gasteiger partial charge is 0.160 e. The van der Waals surface area contributed by atoms with Crippen molar-refractivity contribution in [3.05, 3.63) is 78.3 Å². The molecule has 1 N–H and O–H groups in total. The zero-order valence-electron chi connectivity index (χ0n) is 18.0.